The molecule has 0 saturated carbocycles. The molecule has 1 amide bonds. The van der Waals surface area contributed by atoms with E-state index >= 15 is 0 Å². The number of amides is 1. The summed E-state index contributed by atoms with van der Waals surface area (Å²) < 4.78 is 5.98. The van der Waals surface area contributed by atoms with Crippen LogP contribution in [0, 0.1) is 6.92 Å². The zero-order valence-electron chi connectivity index (χ0n) is 19.0. The monoisotopic (exact) mass is 497 g/mol. The van der Waals surface area contributed by atoms with E-state index in [0.29, 0.717) is 51.5 Å². The Morgan fingerprint density at radius 2 is 1.94 bits per heavy atom. The maximum atomic E-state index is 13.7. The summed E-state index contributed by atoms with van der Waals surface area (Å²) in [5.74, 6) is -0.713. The Labute approximate surface area is 208 Å². The third kappa shape index (κ3) is 3.64. The van der Waals surface area contributed by atoms with E-state index in [1.165, 1.54) is 0 Å². The molecule has 3 aromatic heterocycles. The number of H-pyrrole nitrogens is 1. The van der Waals surface area contributed by atoms with Gasteiger partial charge in [-0.2, -0.15) is 0 Å². The van der Waals surface area contributed by atoms with Crippen LogP contribution >= 0.6 is 11.3 Å². The Bertz CT molecular complexity index is 1700. The number of carbonyl (C=O) groups is 2. The molecule has 0 aliphatic carbocycles. The summed E-state index contributed by atoms with van der Waals surface area (Å²) in [6.07, 6.45) is 0. The number of nitrogens with one attached hydrogen (secondary N) is 2. The van der Waals surface area contributed by atoms with Crippen LogP contribution in [0.2, 0.25) is 0 Å². The van der Waals surface area contributed by atoms with Crippen LogP contribution in [0.15, 0.2) is 53.9 Å². The highest BCUT2D eigenvalue weighted by molar-refractivity contribution is 7.13. The smallest absolute Gasteiger partial charge is 0.355 e. The summed E-state index contributed by atoms with van der Waals surface area (Å²) in [6, 6.07) is 14.1. The summed E-state index contributed by atoms with van der Waals surface area (Å²) >= 11 is 1.57. The van der Waals surface area contributed by atoms with Crippen LogP contribution in [0.5, 0.6) is 5.75 Å². The second-order valence-corrected chi connectivity index (χ2v) is 9.34. The summed E-state index contributed by atoms with van der Waals surface area (Å²) in [5, 5.41) is 14.7. The van der Waals surface area contributed by atoms with E-state index in [0.717, 1.165) is 16.0 Å². The minimum atomic E-state index is -1.18. The zero-order chi connectivity index (χ0) is 25.0. The largest absolute Gasteiger partial charge is 0.488 e. The van der Waals surface area contributed by atoms with Gasteiger partial charge in [0.2, 0.25) is 0 Å². The second kappa shape index (κ2) is 8.21. The van der Waals surface area contributed by atoms with Gasteiger partial charge in [-0.3, -0.25) is 4.79 Å². The molecule has 0 atom stereocenters. The maximum Gasteiger partial charge on any atom is 0.355 e. The summed E-state index contributed by atoms with van der Waals surface area (Å²) in [6.45, 7) is 2.12. The molecule has 0 spiro atoms. The van der Waals surface area contributed by atoms with E-state index < -0.39 is 11.9 Å². The number of rotatable bonds is 4. The fraction of sp³-hybridized carbons (Fsp3) is 0.0769. The number of nitrogen functional groups attached to an aromatic ring is 1. The normalized spacial score (nSPS) is 12.0. The van der Waals surface area contributed by atoms with Gasteiger partial charge >= 0.3 is 5.97 Å². The number of nitrogens with zero attached hydrogens (tertiary/aromatic N) is 2. The number of fused-ring (bicyclic) bond motifs is 4. The first kappa shape index (κ1) is 21.8. The Hall–Kier alpha value is -4.70. The topological polar surface area (TPSA) is 143 Å². The molecule has 0 bridgehead atoms. The third-order valence-electron chi connectivity index (χ3n) is 6.02. The second-order valence-electron chi connectivity index (χ2n) is 8.42. The number of benzene rings is 2. The number of hydrogen-bond acceptors (Lipinski definition) is 7. The number of carboxylic acids is 1. The molecule has 1 aliphatic rings. The standard InChI is InChI=1S/C26H19N5O4S/c1-12-2-4-15(22(28-12)25(33)34)16-10-21-18(23-13(11-35-21)6-7-36-23)9-17(16)24(32)29-14-3-5-19-20(8-14)31-26(27)30-19/h2-10H,11H2,1H3,(H,29,32)(H,33,34)(H3,27,30,31). The number of imidazole rings is 1. The Morgan fingerprint density at radius 3 is 2.78 bits per heavy atom. The van der Waals surface area contributed by atoms with Gasteiger partial charge in [-0.25, -0.2) is 14.8 Å². The van der Waals surface area contributed by atoms with Crippen LogP contribution in [0.4, 0.5) is 11.6 Å². The predicted octanol–water partition coefficient (Wildman–Crippen LogP) is 5.09. The van der Waals surface area contributed by atoms with Crippen LogP contribution in [-0.2, 0) is 6.61 Å². The van der Waals surface area contributed by atoms with Crippen molar-refractivity contribution < 1.29 is 19.4 Å². The van der Waals surface area contributed by atoms with E-state index in [1.54, 1.807) is 60.7 Å². The van der Waals surface area contributed by atoms with E-state index in [1.807, 2.05) is 11.4 Å². The summed E-state index contributed by atoms with van der Waals surface area (Å²) in [5.41, 5.74) is 10.9. The molecule has 0 saturated heterocycles. The van der Waals surface area contributed by atoms with Crippen molar-refractivity contribution >= 4 is 45.9 Å². The number of ether oxygens (including phenoxy) is 1. The number of aromatic carboxylic acids is 1. The van der Waals surface area contributed by atoms with Gasteiger partial charge in [-0.05, 0) is 54.8 Å². The minimum Gasteiger partial charge on any atom is -0.488 e. The minimum absolute atomic E-state index is 0.133. The van der Waals surface area contributed by atoms with Crippen molar-refractivity contribution in [2.45, 2.75) is 13.5 Å². The molecule has 6 rings (SSSR count). The fourth-order valence-electron chi connectivity index (χ4n) is 4.37. The van der Waals surface area contributed by atoms with Crippen molar-refractivity contribution in [1.82, 2.24) is 15.0 Å². The van der Waals surface area contributed by atoms with Gasteiger partial charge in [0.25, 0.3) is 5.91 Å². The third-order valence-corrected chi connectivity index (χ3v) is 7.01. The lowest BCUT2D eigenvalue weighted by Crippen LogP contribution is -2.15. The summed E-state index contributed by atoms with van der Waals surface area (Å²) in [4.78, 5) is 38.1. The Kier molecular flexibility index (Phi) is 4.97. The van der Waals surface area contributed by atoms with Crippen molar-refractivity contribution in [2.75, 3.05) is 11.1 Å². The number of aryl methyl sites for hydroxylation is 1. The van der Waals surface area contributed by atoms with E-state index in [9.17, 15) is 14.7 Å². The molecular weight excluding hydrogens is 478 g/mol. The van der Waals surface area contributed by atoms with Crippen LogP contribution in [-0.4, -0.2) is 31.9 Å². The highest BCUT2D eigenvalue weighted by atomic mass is 32.1. The maximum absolute atomic E-state index is 13.7. The number of aromatic nitrogens is 3. The summed E-state index contributed by atoms with van der Waals surface area (Å²) in [7, 11) is 0. The molecule has 2 aromatic carbocycles. The lowest BCUT2D eigenvalue weighted by molar-refractivity contribution is 0.0690. The van der Waals surface area contributed by atoms with Gasteiger partial charge < -0.3 is 25.9 Å². The number of carbonyl (C=O) groups excluding carboxylic acids is 1. The first-order valence-corrected chi connectivity index (χ1v) is 11.9. The van der Waals surface area contributed by atoms with Gasteiger partial charge in [0.1, 0.15) is 12.4 Å². The first-order chi connectivity index (χ1) is 17.4. The van der Waals surface area contributed by atoms with Gasteiger partial charge in [0, 0.05) is 44.1 Å². The van der Waals surface area contributed by atoms with E-state index in [2.05, 4.69) is 20.3 Å². The lowest BCUT2D eigenvalue weighted by atomic mass is 9.93. The van der Waals surface area contributed by atoms with Crippen LogP contribution in [0.1, 0.15) is 32.1 Å². The van der Waals surface area contributed by atoms with Gasteiger partial charge in [0.15, 0.2) is 11.6 Å². The number of nitrogens with two attached hydrogens (primary N) is 1. The van der Waals surface area contributed by atoms with Crippen molar-refractivity contribution in [3.63, 3.8) is 0 Å². The van der Waals surface area contributed by atoms with E-state index in [-0.39, 0.29) is 11.6 Å². The number of pyridine rings is 1. The van der Waals surface area contributed by atoms with Crippen LogP contribution in [0.3, 0.4) is 0 Å². The number of hydrogen-bond donors (Lipinski definition) is 4. The first-order valence-electron chi connectivity index (χ1n) is 11.0. The van der Waals surface area contributed by atoms with Gasteiger partial charge in [-0.1, -0.05) is 6.07 Å². The predicted molar refractivity (Wildman–Crippen MR) is 137 cm³/mol. The molecule has 0 fully saturated rings. The van der Waals surface area contributed by atoms with Crippen molar-refractivity contribution in [1.29, 1.82) is 0 Å². The molecular formula is C26H19N5O4S. The van der Waals surface area contributed by atoms with Gasteiger partial charge in [-0.15, -0.1) is 11.3 Å². The van der Waals surface area contributed by atoms with Crippen molar-refractivity contribution in [3.8, 4) is 27.3 Å². The molecule has 36 heavy (non-hydrogen) atoms. The number of anilines is 2. The van der Waals surface area contributed by atoms with Crippen LogP contribution < -0.4 is 15.8 Å². The average molecular weight is 498 g/mol. The highest BCUT2D eigenvalue weighted by Gasteiger charge is 2.26. The van der Waals surface area contributed by atoms with Crippen LogP contribution in [0.25, 0.3) is 32.6 Å². The fourth-order valence-corrected chi connectivity index (χ4v) is 5.30. The van der Waals surface area contributed by atoms with E-state index in [4.69, 9.17) is 10.5 Å². The Balaban J connectivity index is 1.51. The molecule has 0 unspecified atom stereocenters. The SMILES string of the molecule is Cc1ccc(-c2cc3c(cc2C(=O)Nc2ccc4nc(N)[nH]c4c2)-c2sccc2CO3)c(C(=O)O)n1. The molecule has 1 aliphatic heterocycles. The highest BCUT2D eigenvalue weighted by Crippen LogP contribution is 2.44. The number of thiophene rings is 1. The average Bonchev–Trinajstić information content (AvgIpc) is 3.48. The zero-order valence-corrected chi connectivity index (χ0v) is 19.8. The molecule has 9 nitrogen and oxygen atoms in total. The molecule has 0 radical (unpaired) electrons. The lowest BCUT2D eigenvalue weighted by Gasteiger charge is -2.21. The van der Waals surface area contributed by atoms with Gasteiger partial charge in [0.05, 0.1) is 11.0 Å². The molecule has 10 heteroatoms. The molecule has 178 valence electrons. The van der Waals surface area contributed by atoms with Crippen molar-refractivity contribution in [3.05, 3.63) is 76.4 Å². The number of aromatic amines is 1. The molecule has 5 aromatic rings. The number of carboxylic acid groups (broad SMARTS) is 1. The Morgan fingerprint density at radius 1 is 1.08 bits per heavy atom. The van der Waals surface area contributed by atoms with Crippen molar-refractivity contribution in [2.24, 2.45) is 0 Å². The quantitative estimate of drug-likeness (QED) is 0.271. The molecule has 4 heterocycles. The molecule has 5 N–H and O–H groups in total.